The van der Waals surface area contributed by atoms with Gasteiger partial charge in [-0.1, -0.05) is 48.0 Å². The highest BCUT2D eigenvalue weighted by atomic mass is 35.5. The monoisotopic (exact) mass is 420 g/mol. The summed E-state index contributed by atoms with van der Waals surface area (Å²) in [5.74, 6) is -0.190. The minimum absolute atomic E-state index is 0.190. The number of nitrogens with zero attached hydrogens (tertiary/aromatic N) is 3. The molecule has 1 aromatic heterocycles. The average molecular weight is 421 g/mol. The topological polar surface area (TPSA) is 50.2 Å². The Morgan fingerprint density at radius 1 is 1.14 bits per heavy atom. The molecular formula is C22H17ClN4OS. The minimum Gasteiger partial charge on any atom is -0.328 e. The second kappa shape index (κ2) is 8.03. The van der Waals surface area contributed by atoms with Gasteiger partial charge in [0.2, 0.25) is 0 Å². The molecule has 1 amide bonds. The molecule has 1 N–H and O–H groups in total. The molecule has 144 valence electrons. The van der Waals surface area contributed by atoms with Gasteiger partial charge in [0.25, 0.3) is 5.91 Å². The van der Waals surface area contributed by atoms with Gasteiger partial charge >= 0.3 is 0 Å². The van der Waals surface area contributed by atoms with Crippen LogP contribution >= 0.6 is 23.8 Å². The first kappa shape index (κ1) is 19.1. The first-order chi connectivity index (χ1) is 14.1. The largest absolute Gasteiger partial charge is 0.328 e. The molecule has 1 saturated heterocycles. The Morgan fingerprint density at radius 2 is 1.86 bits per heavy atom. The molecule has 1 aliphatic heterocycles. The number of carbonyl (C=O) groups excluding carboxylic acids is 1. The van der Waals surface area contributed by atoms with Crippen molar-refractivity contribution in [3.8, 4) is 16.9 Å². The predicted molar refractivity (Wildman–Crippen MR) is 120 cm³/mol. The predicted octanol–water partition coefficient (Wildman–Crippen LogP) is 4.44. The van der Waals surface area contributed by atoms with E-state index in [2.05, 4.69) is 11.9 Å². The molecule has 0 atom stereocenters. The summed E-state index contributed by atoms with van der Waals surface area (Å²) in [5.41, 5.74) is 3.74. The lowest BCUT2D eigenvalue weighted by Gasteiger charge is -2.09. The summed E-state index contributed by atoms with van der Waals surface area (Å²) < 4.78 is 1.79. The summed E-state index contributed by atoms with van der Waals surface area (Å²) in [4.78, 5) is 14.2. The van der Waals surface area contributed by atoms with Crippen molar-refractivity contribution < 1.29 is 4.79 Å². The number of thiocarbonyl (C=S) groups is 1. The molecule has 2 aromatic carbocycles. The van der Waals surface area contributed by atoms with Crippen molar-refractivity contribution in [3.63, 3.8) is 0 Å². The van der Waals surface area contributed by atoms with E-state index < -0.39 is 0 Å². The molecule has 0 spiro atoms. The van der Waals surface area contributed by atoms with E-state index in [1.54, 1.807) is 16.8 Å². The Bertz CT molecular complexity index is 1120. The minimum atomic E-state index is -0.190. The third-order valence-corrected chi connectivity index (χ3v) is 5.03. The van der Waals surface area contributed by atoms with Crippen LogP contribution in [0.15, 0.2) is 79.1 Å². The number of benzene rings is 2. The maximum absolute atomic E-state index is 12.7. The standard InChI is InChI=1S/C22H17ClN4OS/c1-2-12-26-21(28)19(24-22(26)29)13-16-14-27(18-6-4-3-5-7-18)25-20(16)15-8-10-17(23)11-9-15/h2-11,13-14H,1,12H2,(H,24,29). The van der Waals surface area contributed by atoms with Gasteiger partial charge in [-0.3, -0.25) is 9.69 Å². The summed E-state index contributed by atoms with van der Waals surface area (Å²) in [7, 11) is 0. The molecule has 0 radical (unpaired) electrons. The van der Waals surface area contributed by atoms with Crippen LogP contribution in [0.1, 0.15) is 5.56 Å². The van der Waals surface area contributed by atoms with Crippen molar-refractivity contribution >= 4 is 40.9 Å². The second-order valence-corrected chi connectivity index (χ2v) is 7.24. The second-order valence-electron chi connectivity index (χ2n) is 6.41. The maximum atomic E-state index is 12.7. The van der Waals surface area contributed by atoms with Gasteiger partial charge in [-0.25, -0.2) is 4.68 Å². The number of aromatic nitrogens is 2. The molecule has 1 aliphatic rings. The Hall–Kier alpha value is -3.22. The van der Waals surface area contributed by atoms with Gasteiger partial charge in [0.1, 0.15) is 11.4 Å². The van der Waals surface area contributed by atoms with Gasteiger partial charge in [0, 0.05) is 28.9 Å². The fourth-order valence-electron chi connectivity index (χ4n) is 3.06. The molecule has 29 heavy (non-hydrogen) atoms. The van der Waals surface area contributed by atoms with Crippen LogP contribution in [0.25, 0.3) is 23.0 Å². The Labute approximate surface area is 178 Å². The third kappa shape index (κ3) is 3.85. The van der Waals surface area contributed by atoms with Crippen LogP contribution in [0.4, 0.5) is 0 Å². The zero-order chi connectivity index (χ0) is 20.4. The number of amides is 1. The quantitative estimate of drug-likeness (QED) is 0.376. The highest BCUT2D eigenvalue weighted by molar-refractivity contribution is 7.80. The lowest BCUT2D eigenvalue weighted by atomic mass is 10.1. The van der Waals surface area contributed by atoms with Crippen LogP contribution < -0.4 is 5.32 Å². The van der Waals surface area contributed by atoms with Crippen LogP contribution in [0.5, 0.6) is 0 Å². The summed E-state index contributed by atoms with van der Waals surface area (Å²) in [6, 6.07) is 17.2. The zero-order valence-electron chi connectivity index (χ0n) is 15.4. The summed E-state index contributed by atoms with van der Waals surface area (Å²) in [5, 5.41) is 8.75. The molecule has 5 nitrogen and oxygen atoms in total. The molecule has 1 fully saturated rings. The molecule has 3 aromatic rings. The van der Waals surface area contributed by atoms with Gasteiger partial charge in [-0.2, -0.15) is 5.10 Å². The summed E-state index contributed by atoms with van der Waals surface area (Å²) >= 11 is 11.3. The number of hydrogen-bond acceptors (Lipinski definition) is 3. The van der Waals surface area contributed by atoms with E-state index >= 15 is 0 Å². The number of hydrogen-bond donors (Lipinski definition) is 1. The average Bonchev–Trinajstić information content (AvgIpc) is 3.26. The van der Waals surface area contributed by atoms with Gasteiger partial charge in [0.05, 0.1) is 5.69 Å². The number of carbonyl (C=O) groups is 1. The van der Waals surface area contributed by atoms with E-state index in [1.165, 1.54) is 4.90 Å². The number of para-hydroxylation sites is 1. The molecule has 7 heteroatoms. The SMILES string of the molecule is C=CCN1C(=O)C(=Cc2cn(-c3ccccc3)nc2-c2ccc(Cl)cc2)NC1=S. The highest BCUT2D eigenvalue weighted by Crippen LogP contribution is 2.27. The van der Waals surface area contributed by atoms with E-state index in [0.717, 1.165) is 22.5 Å². The van der Waals surface area contributed by atoms with Crippen LogP contribution in [-0.2, 0) is 4.79 Å². The molecule has 0 bridgehead atoms. The van der Waals surface area contributed by atoms with Crippen molar-refractivity contribution in [1.82, 2.24) is 20.0 Å². The molecular weight excluding hydrogens is 404 g/mol. The summed E-state index contributed by atoms with van der Waals surface area (Å²) in [6.45, 7) is 4.03. The normalized spacial score (nSPS) is 15.1. The zero-order valence-corrected chi connectivity index (χ0v) is 17.0. The van der Waals surface area contributed by atoms with E-state index in [4.69, 9.17) is 28.9 Å². The van der Waals surface area contributed by atoms with Crippen molar-refractivity contribution in [2.75, 3.05) is 6.54 Å². The van der Waals surface area contributed by atoms with Crippen molar-refractivity contribution in [2.45, 2.75) is 0 Å². The first-order valence-electron chi connectivity index (χ1n) is 8.93. The van der Waals surface area contributed by atoms with Gasteiger partial charge in [0.15, 0.2) is 5.11 Å². The fraction of sp³-hybridized carbons (Fsp3) is 0.0455. The smallest absolute Gasteiger partial charge is 0.276 e. The number of halogens is 1. The van der Waals surface area contributed by atoms with E-state index in [1.807, 2.05) is 60.8 Å². The van der Waals surface area contributed by atoms with Crippen molar-refractivity contribution in [3.05, 3.63) is 89.7 Å². The van der Waals surface area contributed by atoms with Crippen molar-refractivity contribution in [1.29, 1.82) is 0 Å². The van der Waals surface area contributed by atoms with E-state index in [9.17, 15) is 4.79 Å². The van der Waals surface area contributed by atoms with Crippen molar-refractivity contribution in [2.24, 2.45) is 0 Å². The lowest BCUT2D eigenvalue weighted by molar-refractivity contribution is -0.122. The van der Waals surface area contributed by atoms with Gasteiger partial charge in [-0.05, 0) is 42.6 Å². The molecule has 0 unspecified atom stereocenters. The third-order valence-electron chi connectivity index (χ3n) is 4.45. The van der Waals surface area contributed by atoms with Gasteiger partial charge < -0.3 is 5.32 Å². The first-order valence-corrected chi connectivity index (χ1v) is 9.72. The highest BCUT2D eigenvalue weighted by Gasteiger charge is 2.30. The van der Waals surface area contributed by atoms with Crippen LogP contribution in [-0.4, -0.2) is 32.2 Å². The lowest BCUT2D eigenvalue weighted by Crippen LogP contribution is -2.30. The van der Waals surface area contributed by atoms with Gasteiger partial charge in [-0.15, -0.1) is 6.58 Å². The fourth-order valence-corrected chi connectivity index (χ4v) is 3.45. The Morgan fingerprint density at radius 3 is 2.55 bits per heavy atom. The van der Waals surface area contributed by atoms with Crippen LogP contribution in [0.2, 0.25) is 5.02 Å². The molecule has 4 rings (SSSR count). The summed E-state index contributed by atoms with van der Waals surface area (Å²) in [6.07, 6.45) is 5.30. The molecule has 0 aliphatic carbocycles. The van der Waals surface area contributed by atoms with Crippen LogP contribution in [0.3, 0.4) is 0 Å². The molecule has 2 heterocycles. The van der Waals surface area contributed by atoms with E-state index in [0.29, 0.717) is 22.4 Å². The molecule has 0 saturated carbocycles. The Balaban J connectivity index is 1.80. The number of rotatable bonds is 5. The van der Waals surface area contributed by atoms with E-state index in [-0.39, 0.29) is 5.91 Å². The number of nitrogens with one attached hydrogen (secondary N) is 1. The maximum Gasteiger partial charge on any atom is 0.276 e. The Kier molecular flexibility index (Phi) is 5.29. The van der Waals surface area contributed by atoms with Crippen LogP contribution in [0, 0.1) is 0 Å².